The summed E-state index contributed by atoms with van der Waals surface area (Å²) in [6.45, 7) is 7.04. The number of likely N-dealkylation sites (tertiary alicyclic amines) is 1. The number of hydrogen-bond acceptors (Lipinski definition) is 4. The van der Waals surface area contributed by atoms with Gasteiger partial charge >= 0.3 is 0 Å². The molecule has 0 N–H and O–H groups in total. The van der Waals surface area contributed by atoms with Gasteiger partial charge in [0.2, 0.25) is 10.0 Å². The zero-order valence-corrected chi connectivity index (χ0v) is 19.2. The van der Waals surface area contributed by atoms with Crippen molar-refractivity contribution in [3.8, 4) is 0 Å². The van der Waals surface area contributed by atoms with Crippen LogP contribution in [0.4, 0.5) is 0 Å². The van der Waals surface area contributed by atoms with E-state index in [2.05, 4.69) is 0 Å². The summed E-state index contributed by atoms with van der Waals surface area (Å²) >= 11 is 0. The Morgan fingerprint density at radius 2 is 1.74 bits per heavy atom. The number of amides is 1. The average Bonchev–Trinajstić information content (AvgIpc) is 2.80. The van der Waals surface area contributed by atoms with Crippen LogP contribution in [0.1, 0.15) is 42.6 Å². The van der Waals surface area contributed by atoms with Crippen LogP contribution in [0.5, 0.6) is 0 Å². The van der Waals surface area contributed by atoms with Crippen LogP contribution in [0.25, 0.3) is 0 Å². The fourth-order valence-corrected chi connectivity index (χ4v) is 5.43. The topological polar surface area (TPSA) is 66.9 Å². The van der Waals surface area contributed by atoms with Gasteiger partial charge in [0.1, 0.15) is 0 Å². The lowest BCUT2D eigenvalue weighted by Gasteiger charge is -2.32. The van der Waals surface area contributed by atoms with Gasteiger partial charge in [0.15, 0.2) is 0 Å². The molecule has 1 heterocycles. The Morgan fingerprint density at radius 1 is 1.06 bits per heavy atom. The van der Waals surface area contributed by atoms with E-state index in [1.807, 2.05) is 49.1 Å². The van der Waals surface area contributed by atoms with Crippen LogP contribution in [0, 0.1) is 5.92 Å². The number of sulfonamides is 1. The van der Waals surface area contributed by atoms with E-state index in [4.69, 9.17) is 4.74 Å². The summed E-state index contributed by atoms with van der Waals surface area (Å²) in [6.07, 6.45) is 1.99. The van der Waals surface area contributed by atoms with E-state index in [1.54, 1.807) is 12.1 Å². The minimum Gasteiger partial charge on any atom is -0.376 e. The van der Waals surface area contributed by atoms with E-state index in [-0.39, 0.29) is 10.8 Å². The number of rotatable bonds is 9. The molecule has 6 nitrogen and oxygen atoms in total. The lowest BCUT2D eigenvalue weighted by molar-refractivity contribution is 0.0425. The number of carbonyl (C=O) groups is 1. The van der Waals surface area contributed by atoms with Gasteiger partial charge in [-0.15, -0.1) is 0 Å². The van der Waals surface area contributed by atoms with E-state index in [1.165, 1.54) is 16.4 Å². The monoisotopic (exact) mass is 444 g/mol. The quantitative estimate of drug-likeness (QED) is 0.590. The van der Waals surface area contributed by atoms with Crippen molar-refractivity contribution in [1.29, 1.82) is 0 Å². The highest BCUT2D eigenvalue weighted by molar-refractivity contribution is 7.89. The van der Waals surface area contributed by atoms with Gasteiger partial charge in [0.25, 0.3) is 5.91 Å². The molecule has 1 unspecified atom stereocenters. The molecule has 7 heteroatoms. The Morgan fingerprint density at radius 3 is 2.39 bits per heavy atom. The maximum atomic E-state index is 13.0. The molecule has 31 heavy (non-hydrogen) atoms. The zero-order valence-electron chi connectivity index (χ0n) is 18.4. The molecule has 1 atom stereocenters. The fourth-order valence-electron chi connectivity index (χ4n) is 3.97. The SMILES string of the molecule is CCN(CC)S(=O)(=O)c1ccc(C(=O)N2CCCC(COCc3ccccc3)C2)cc1. The molecule has 1 saturated heterocycles. The largest absolute Gasteiger partial charge is 0.376 e. The molecule has 0 radical (unpaired) electrons. The normalized spacial score (nSPS) is 17.1. The van der Waals surface area contributed by atoms with E-state index in [0.29, 0.717) is 50.9 Å². The first-order valence-electron chi connectivity index (χ1n) is 11.0. The standard InChI is InChI=1S/C24H32N2O4S/c1-3-26(4-2)31(28,29)23-14-12-22(13-15-23)24(27)25-16-8-11-21(17-25)19-30-18-20-9-6-5-7-10-20/h5-7,9-10,12-15,21H,3-4,8,11,16-19H2,1-2H3. The van der Waals surface area contributed by atoms with Crippen LogP contribution in [-0.4, -0.2) is 56.3 Å². The minimum atomic E-state index is -3.52. The Hall–Kier alpha value is -2.22. The highest BCUT2D eigenvalue weighted by atomic mass is 32.2. The molecule has 0 aliphatic carbocycles. The highest BCUT2D eigenvalue weighted by Gasteiger charge is 2.26. The Balaban J connectivity index is 1.58. The molecule has 2 aromatic carbocycles. The van der Waals surface area contributed by atoms with Gasteiger partial charge in [-0.3, -0.25) is 4.79 Å². The van der Waals surface area contributed by atoms with Crippen molar-refractivity contribution >= 4 is 15.9 Å². The number of benzene rings is 2. The second kappa shape index (κ2) is 10.9. The average molecular weight is 445 g/mol. The third-order valence-corrected chi connectivity index (χ3v) is 7.78. The van der Waals surface area contributed by atoms with Gasteiger partial charge in [-0.2, -0.15) is 4.31 Å². The maximum absolute atomic E-state index is 13.0. The number of nitrogens with zero attached hydrogens (tertiary/aromatic N) is 2. The first kappa shape index (κ1) is 23.4. The van der Waals surface area contributed by atoms with E-state index >= 15 is 0 Å². The van der Waals surface area contributed by atoms with E-state index < -0.39 is 10.0 Å². The highest BCUT2D eigenvalue weighted by Crippen LogP contribution is 2.21. The summed E-state index contributed by atoms with van der Waals surface area (Å²) in [5.41, 5.74) is 1.66. The van der Waals surface area contributed by atoms with Crippen LogP contribution >= 0.6 is 0 Å². The molecule has 3 rings (SSSR count). The predicted molar refractivity (Wildman–Crippen MR) is 121 cm³/mol. The van der Waals surface area contributed by atoms with Crippen LogP contribution in [-0.2, 0) is 21.4 Å². The Kier molecular flexibility index (Phi) is 8.23. The van der Waals surface area contributed by atoms with Crippen molar-refractivity contribution in [3.63, 3.8) is 0 Å². The Bertz CT molecular complexity index is 941. The second-order valence-electron chi connectivity index (χ2n) is 7.87. The lowest BCUT2D eigenvalue weighted by Crippen LogP contribution is -2.41. The van der Waals surface area contributed by atoms with E-state index in [9.17, 15) is 13.2 Å². The predicted octanol–water partition coefficient (Wildman–Crippen LogP) is 3.79. The molecule has 1 fully saturated rings. The lowest BCUT2D eigenvalue weighted by atomic mass is 9.98. The molecule has 1 amide bonds. The zero-order chi connectivity index (χ0) is 22.3. The Labute approximate surface area is 185 Å². The van der Waals surface area contributed by atoms with Crippen LogP contribution in [0.3, 0.4) is 0 Å². The number of carbonyl (C=O) groups excluding carboxylic acids is 1. The third-order valence-electron chi connectivity index (χ3n) is 5.72. The molecule has 168 valence electrons. The number of piperidine rings is 1. The van der Waals surface area contributed by atoms with Crippen LogP contribution in [0.15, 0.2) is 59.5 Å². The van der Waals surface area contributed by atoms with Crippen molar-refractivity contribution in [3.05, 3.63) is 65.7 Å². The smallest absolute Gasteiger partial charge is 0.253 e. The van der Waals surface area contributed by atoms with Crippen molar-refractivity contribution in [2.24, 2.45) is 5.92 Å². The van der Waals surface area contributed by atoms with Gasteiger partial charge in [-0.05, 0) is 48.6 Å². The van der Waals surface area contributed by atoms with Crippen LogP contribution in [0.2, 0.25) is 0 Å². The minimum absolute atomic E-state index is 0.0560. The van der Waals surface area contributed by atoms with Crippen molar-refractivity contribution in [1.82, 2.24) is 9.21 Å². The second-order valence-corrected chi connectivity index (χ2v) is 9.81. The summed E-state index contributed by atoms with van der Waals surface area (Å²) in [5, 5.41) is 0. The van der Waals surface area contributed by atoms with Gasteiger partial charge < -0.3 is 9.64 Å². The molecule has 0 aromatic heterocycles. The van der Waals surface area contributed by atoms with Gasteiger partial charge in [-0.1, -0.05) is 44.2 Å². The van der Waals surface area contributed by atoms with Crippen LogP contribution < -0.4 is 0 Å². The van der Waals surface area contributed by atoms with Crippen molar-refractivity contribution in [2.75, 3.05) is 32.8 Å². The summed E-state index contributed by atoms with van der Waals surface area (Å²) < 4.78 is 32.6. The van der Waals surface area contributed by atoms with E-state index in [0.717, 1.165) is 18.4 Å². The molecule has 0 saturated carbocycles. The maximum Gasteiger partial charge on any atom is 0.253 e. The van der Waals surface area contributed by atoms with Crippen molar-refractivity contribution < 1.29 is 17.9 Å². The fraction of sp³-hybridized carbons (Fsp3) is 0.458. The molecule has 2 aromatic rings. The van der Waals surface area contributed by atoms with Gasteiger partial charge in [0.05, 0.1) is 18.1 Å². The molecule has 0 spiro atoms. The number of ether oxygens (including phenoxy) is 1. The third kappa shape index (κ3) is 5.93. The van der Waals surface area contributed by atoms with Crippen molar-refractivity contribution in [2.45, 2.75) is 38.2 Å². The summed E-state index contributed by atoms with van der Waals surface area (Å²) in [6, 6.07) is 16.4. The number of hydrogen-bond donors (Lipinski definition) is 0. The molecule has 1 aliphatic heterocycles. The van der Waals surface area contributed by atoms with Gasteiger partial charge in [0, 0.05) is 31.7 Å². The molecule has 0 bridgehead atoms. The first-order chi connectivity index (χ1) is 15.0. The molecule has 1 aliphatic rings. The van der Waals surface area contributed by atoms with Gasteiger partial charge in [-0.25, -0.2) is 8.42 Å². The molecular formula is C24H32N2O4S. The first-order valence-corrected chi connectivity index (χ1v) is 12.4. The summed E-state index contributed by atoms with van der Waals surface area (Å²) in [5.74, 6) is 0.253. The summed E-state index contributed by atoms with van der Waals surface area (Å²) in [4.78, 5) is 15.0. The summed E-state index contributed by atoms with van der Waals surface area (Å²) in [7, 11) is -3.52. The molecular weight excluding hydrogens is 412 g/mol.